The molecule has 2 aliphatic rings. The van der Waals surface area contributed by atoms with Gasteiger partial charge in [0.25, 0.3) is 0 Å². The van der Waals surface area contributed by atoms with Crippen molar-refractivity contribution in [2.75, 3.05) is 37.0 Å². The van der Waals surface area contributed by atoms with Gasteiger partial charge in [0.2, 0.25) is 0 Å². The fourth-order valence-electron chi connectivity index (χ4n) is 4.83. The molecule has 0 saturated carbocycles. The smallest absolute Gasteiger partial charge is 0.142 e. The number of hydrogen-bond acceptors (Lipinski definition) is 7. The minimum Gasteiger partial charge on any atom is -0.495 e. The third-order valence-electron chi connectivity index (χ3n) is 6.52. The molecule has 166 valence electrons. The first kappa shape index (κ1) is 20.7. The van der Waals surface area contributed by atoms with E-state index in [1.165, 1.54) is 11.1 Å². The summed E-state index contributed by atoms with van der Waals surface area (Å²) in [5.41, 5.74) is 3.67. The number of β-amino-alcohol motifs (C(OH)–C–C–N with tert-alkyl or cyclic N) is 1. The molecule has 0 aliphatic carbocycles. The van der Waals surface area contributed by atoms with Crippen molar-refractivity contribution >= 4 is 17.3 Å². The lowest BCUT2D eigenvalue weighted by atomic mass is 9.94. The summed E-state index contributed by atoms with van der Waals surface area (Å²) in [5.74, 6) is 2.27. The number of rotatable bonds is 5. The molecule has 2 aromatic carbocycles. The van der Waals surface area contributed by atoms with E-state index < -0.39 is 6.10 Å². The van der Waals surface area contributed by atoms with E-state index in [1.54, 1.807) is 13.4 Å². The minimum atomic E-state index is -0.422. The summed E-state index contributed by atoms with van der Waals surface area (Å²) in [4.78, 5) is 13.4. The maximum atomic E-state index is 11.0. The number of nitrogens with one attached hydrogen (secondary N) is 1. The van der Waals surface area contributed by atoms with Crippen LogP contribution in [0.5, 0.6) is 5.75 Å². The van der Waals surface area contributed by atoms with Crippen LogP contribution in [0.2, 0.25) is 0 Å². The molecule has 1 aromatic heterocycles. The highest BCUT2D eigenvalue weighted by Crippen LogP contribution is 2.29. The molecule has 7 nitrogen and oxygen atoms in total. The lowest BCUT2D eigenvalue weighted by molar-refractivity contribution is 0.0293. The van der Waals surface area contributed by atoms with Gasteiger partial charge in [-0.3, -0.25) is 4.90 Å². The van der Waals surface area contributed by atoms with Crippen molar-refractivity contribution in [3.63, 3.8) is 0 Å². The normalized spacial score (nSPS) is 21.1. The molecule has 3 heterocycles. The second-order valence-corrected chi connectivity index (χ2v) is 8.45. The van der Waals surface area contributed by atoms with E-state index in [9.17, 15) is 5.11 Å². The van der Waals surface area contributed by atoms with Gasteiger partial charge in [0, 0.05) is 38.3 Å². The van der Waals surface area contributed by atoms with Crippen molar-refractivity contribution in [2.24, 2.45) is 0 Å². The molecule has 0 amide bonds. The predicted octanol–water partition coefficient (Wildman–Crippen LogP) is 3.23. The van der Waals surface area contributed by atoms with Crippen molar-refractivity contribution in [1.82, 2.24) is 14.9 Å². The molecule has 2 aliphatic heterocycles. The van der Waals surface area contributed by atoms with E-state index >= 15 is 0 Å². The zero-order valence-electron chi connectivity index (χ0n) is 18.3. The molecule has 1 saturated heterocycles. The lowest BCUT2D eigenvalue weighted by Gasteiger charge is -2.43. The number of ether oxygens (including phenoxy) is 1. The highest BCUT2D eigenvalue weighted by Gasteiger charge is 2.34. The summed E-state index contributed by atoms with van der Waals surface area (Å²) >= 11 is 0. The summed E-state index contributed by atoms with van der Waals surface area (Å²) in [7, 11) is 1.65. The number of anilines is 3. The van der Waals surface area contributed by atoms with Gasteiger partial charge in [-0.2, -0.15) is 0 Å². The van der Waals surface area contributed by atoms with Crippen LogP contribution in [-0.4, -0.2) is 58.9 Å². The summed E-state index contributed by atoms with van der Waals surface area (Å²) in [6.45, 7) is 3.33. The van der Waals surface area contributed by atoms with Crippen LogP contribution in [0.3, 0.4) is 0 Å². The lowest BCUT2D eigenvalue weighted by Crippen LogP contribution is -2.55. The monoisotopic (exact) mass is 431 g/mol. The van der Waals surface area contributed by atoms with Crippen molar-refractivity contribution in [1.29, 1.82) is 0 Å². The predicted molar refractivity (Wildman–Crippen MR) is 125 cm³/mol. The fraction of sp³-hybridized carbons (Fsp3) is 0.360. The Hall–Kier alpha value is -3.16. The Kier molecular flexibility index (Phi) is 5.92. The van der Waals surface area contributed by atoms with E-state index in [0.717, 1.165) is 49.7 Å². The molecule has 1 fully saturated rings. The molecular weight excluding hydrogens is 402 g/mol. The van der Waals surface area contributed by atoms with Crippen molar-refractivity contribution in [2.45, 2.75) is 31.5 Å². The number of fused-ring (bicyclic) bond motifs is 1. The van der Waals surface area contributed by atoms with Crippen LogP contribution in [0, 0.1) is 0 Å². The number of aliphatic hydroxyl groups is 1. The minimum absolute atomic E-state index is 0.174. The third kappa shape index (κ3) is 4.26. The Morgan fingerprint density at radius 3 is 2.69 bits per heavy atom. The zero-order chi connectivity index (χ0) is 21.9. The average molecular weight is 432 g/mol. The van der Waals surface area contributed by atoms with Gasteiger partial charge in [-0.25, -0.2) is 9.97 Å². The van der Waals surface area contributed by atoms with E-state index in [4.69, 9.17) is 4.74 Å². The Morgan fingerprint density at radius 2 is 1.84 bits per heavy atom. The molecule has 0 radical (unpaired) electrons. The van der Waals surface area contributed by atoms with Gasteiger partial charge in [0.15, 0.2) is 0 Å². The van der Waals surface area contributed by atoms with Crippen LogP contribution < -0.4 is 15.0 Å². The number of para-hydroxylation sites is 2. The number of aliphatic hydroxyl groups excluding tert-OH is 1. The maximum Gasteiger partial charge on any atom is 0.142 e. The SMILES string of the molecule is COc1ccccc1Nc1cc(N2CC[C@H](N3CCc4ccccc4C3)[C@@H](O)C2)ncn1. The highest BCUT2D eigenvalue weighted by molar-refractivity contribution is 5.65. The first-order chi connectivity index (χ1) is 15.7. The van der Waals surface area contributed by atoms with Crippen LogP contribution in [-0.2, 0) is 13.0 Å². The zero-order valence-corrected chi connectivity index (χ0v) is 18.3. The largest absolute Gasteiger partial charge is 0.495 e. The summed E-state index contributed by atoms with van der Waals surface area (Å²) < 4.78 is 5.42. The summed E-state index contributed by atoms with van der Waals surface area (Å²) in [6, 6.07) is 18.5. The number of benzene rings is 2. The first-order valence-corrected chi connectivity index (χ1v) is 11.2. The van der Waals surface area contributed by atoms with Gasteiger partial charge in [0.05, 0.1) is 18.9 Å². The summed E-state index contributed by atoms with van der Waals surface area (Å²) in [5, 5.41) is 14.3. The molecule has 0 unspecified atom stereocenters. The van der Waals surface area contributed by atoms with Gasteiger partial charge in [-0.05, 0) is 36.1 Å². The van der Waals surface area contributed by atoms with Crippen LogP contribution in [0.15, 0.2) is 60.9 Å². The number of hydrogen-bond donors (Lipinski definition) is 2. The van der Waals surface area contributed by atoms with E-state index in [-0.39, 0.29) is 6.04 Å². The van der Waals surface area contributed by atoms with Crippen molar-refractivity contribution in [3.05, 3.63) is 72.1 Å². The molecule has 2 atom stereocenters. The Bertz CT molecular complexity index is 1080. The quantitative estimate of drug-likeness (QED) is 0.643. The summed E-state index contributed by atoms with van der Waals surface area (Å²) in [6.07, 6.45) is 3.09. The van der Waals surface area contributed by atoms with E-state index in [0.29, 0.717) is 12.4 Å². The highest BCUT2D eigenvalue weighted by atomic mass is 16.5. The molecule has 3 aromatic rings. The fourth-order valence-corrected chi connectivity index (χ4v) is 4.83. The number of methoxy groups -OCH3 is 1. The standard InChI is InChI=1S/C25H29N5O2/c1-32-23-9-5-4-8-20(23)28-24-14-25(27-17-26-24)30-13-11-21(22(31)16-30)29-12-10-18-6-2-3-7-19(18)15-29/h2-9,14,17,21-22,31H,10-13,15-16H2,1H3,(H,26,27,28)/t21-,22-/m0/s1. The van der Waals surface area contributed by atoms with Crippen LogP contribution in [0.25, 0.3) is 0 Å². The van der Waals surface area contributed by atoms with Crippen LogP contribution >= 0.6 is 0 Å². The third-order valence-corrected chi connectivity index (χ3v) is 6.52. The molecular formula is C25H29N5O2. The molecule has 2 N–H and O–H groups in total. The first-order valence-electron chi connectivity index (χ1n) is 11.2. The number of aromatic nitrogens is 2. The van der Waals surface area contributed by atoms with E-state index in [1.807, 2.05) is 30.3 Å². The second kappa shape index (κ2) is 9.14. The number of nitrogens with zero attached hydrogens (tertiary/aromatic N) is 4. The van der Waals surface area contributed by atoms with Crippen molar-refractivity contribution in [3.8, 4) is 5.75 Å². The Labute approximate surface area is 188 Å². The van der Waals surface area contributed by atoms with Gasteiger partial charge in [-0.1, -0.05) is 36.4 Å². The molecule has 0 bridgehead atoms. The Morgan fingerprint density at radius 1 is 1.03 bits per heavy atom. The van der Waals surface area contributed by atoms with Gasteiger partial charge < -0.3 is 20.1 Å². The molecule has 32 heavy (non-hydrogen) atoms. The molecule has 5 rings (SSSR count). The topological polar surface area (TPSA) is 73.8 Å². The van der Waals surface area contributed by atoms with E-state index in [2.05, 4.69) is 49.4 Å². The van der Waals surface area contributed by atoms with Crippen molar-refractivity contribution < 1.29 is 9.84 Å². The van der Waals surface area contributed by atoms with Crippen LogP contribution in [0.1, 0.15) is 17.5 Å². The maximum absolute atomic E-state index is 11.0. The average Bonchev–Trinajstić information content (AvgIpc) is 2.84. The second-order valence-electron chi connectivity index (χ2n) is 8.45. The van der Waals surface area contributed by atoms with Gasteiger partial charge in [-0.15, -0.1) is 0 Å². The van der Waals surface area contributed by atoms with Gasteiger partial charge >= 0.3 is 0 Å². The Balaban J connectivity index is 1.25. The van der Waals surface area contributed by atoms with Gasteiger partial charge in [0.1, 0.15) is 23.7 Å². The number of piperidine rings is 1. The molecule has 0 spiro atoms. The molecule has 7 heteroatoms. The van der Waals surface area contributed by atoms with Crippen LogP contribution in [0.4, 0.5) is 17.3 Å².